The van der Waals surface area contributed by atoms with Crippen molar-refractivity contribution in [2.24, 2.45) is 5.73 Å². The number of ether oxygens (including phenoxy) is 1. The quantitative estimate of drug-likeness (QED) is 0.786. The minimum atomic E-state index is -0.318. The first kappa shape index (κ1) is 20.0. The molecule has 0 saturated carbocycles. The Balaban J connectivity index is 0.00000288. The minimum Gasteiger partial charge on any atom is -0.491 e. The summed E-state index contributed by atoms with van der Waals surface area (Å²) in [5, 5.41) is 2.90. The maximum atomic E-state index is 12.3. The van der Waals surface area contributed by atoms with Crippen LogP contribution in [0.4, 0.5) is 5.69 Å². The molecule has 0 aliphatic carbocycles. The van der Waals surface area contributed by atoms with Crippen LogP contribution in [0.3, 0.4) is 0 Å². The summed E-state index contributed by atoms with van der Waals surface area (Å²) in [6.07, 6.45) is 1.14. The van der Waals surface area contributed by atoms with Crippen LogP contribution in [0.5, 0.6) is 5.75 Å². The number of hydrogen-bond acceptors (Lipinski definition) is 3. The van der Waals surface area contributed by atoms with Crippen LogP contribution in [-0.2, 0) is 4.79 Å². The first-order chi connectivity index (χ1) is 11.1. The smallest absolute Gasteiger partial charge is 0.226 e. The number of halogens is 1. The molecule has 0 fully saturated rings. The third-order valence-corrected chi connectivity index (χ3v) is 3.51. The van der Waals surface area contributed by atoms with Gasteiger partial charge in [-0.1, -0.05) is 43.3 Å². The van der Waals surface area contributed by atoms with Crippen molar-refractivity contribution in [3.63, 3.8) is 0 Å². The predicted octanol–water partition coefficient (Wildman–Crippen LogP) is 4.23. The van der Waals surface area contributed by atoms with Gasteiger partial charge in [-0.25, -0.2) is 0 Å². The van der Waals surface area contributed by atoms with E-state index in [0.717, 1.165) is 17.5 Å². The number of carbonyl (C=O) groups is 1. The molecule has 4 nitrogen and oxygen atoms in total. The lowest BCUT2D eigenvalue weighted by Gasteiger charge is -2.15. The number of nitrogens with one attached hydrogen (secondary N) is 1. The second kappa shape index (κ2) is 9.96. The van der Waals surface area contributed by atoms with Gasteiger partial charge in [0.05, 0.1) is 12.3 Å². The molecule has 24 heavy (non-hydrogen) atoms. The lowest BCUT2D eigenvalue weighted by atomic mass is 10.0. The fourth-order valence-corrected chi connectivity index (χ4v) is 2.28. The summed E-state index contributed by atoms with van der Waals surface area (Å²) >= 11 is 0. The standard InChI is InChI=1S/C19H24N2O2.ClH/c1-3-11-23-18-12-14(2)9-10-17(18)21-19(22)13-16(20)15-7-5-4-6-8-15;/h4-10,12,16H,3,11,13,20H2,1-2H3,(H,21,22);1H. The van der Waals surface area contributed by atoms with E-state index in [1.165, 1.54) is 0 Å². The summed E-state index contributed by atoms with van der Waals surface area (Å²) in [5.41, 5.74) is 8.83. The average molecular weight is 349 g/mol. The van der Waals surface area contributed by atoms with Gasteiger partial charge < -0.3 is 15.8 Å². The maximum absolute atomic E-state index is 12.3. The highest BCUT2D eigenvalue weighted by atomic mass is 35.5. The van der Waals surface area contributed by atoms with Crippen molar-refractivity contribution in [2.75, 3.05) is 11.9 Å². The first-order valence-corrected chi connectivity index (χ1v) is 7.94. The zero-order valence-corrected chi connectivity index (χ0v) is 14.9. The Morgan fingerprint density at radius 3 is 2.58 bits per heavy atom. The van der Waals surface area contributed by atoms with Gasteiger partial charge in [-0.05, 0) is 36.6 Å². The number of rotatable bonds is 7. The summed E-state index contributed by atoms with van der Waals surface area (Å²) in [5.74, 6) is 0.583. The van der Waals surface area contributed by atoms with Crippen molar-refractivity contribution in [1.82, 2.24) is 0 Å². The molecule has 0 bridgehead atoms. The molecular formula is C19H25ClN2O2. The van der Waals surface area contributed by atoms with Gasteiger partial charge in [-0.15, -0.1) is 12.4 Å². The molecule has 0 heterocycles. The molecule has 0 saturated heterocycles. The Hall–Kier alpha value is -2.04. The Morgan fingerprint density at radius 2 is 1.92 bits per heavy atom. The van der Waals surface area contributed by atoms with Crippen molar-refractivity contribution >= 4 is 24.0 Å². The van der Waals surface area contributed by atoms with Crippen molar-refractivity contribution in [1.29, 1.82) is 0 Å². The van der Waals surface area contributed by atoms with Gasteiger partial charge in [0.2, 0.25) is 5.91 Å². The van der Waals surface area contributed by atoms with Crippen molar-refractivity contribution in [3.05, 3.63) is 59.7 Å². The van der Waals surface area contributed by atoms with E-state index >= 15 is 0 Å². The number of benzene rings is 2. The summed E-state index contributed by atoms with van der Waals surface area (Å²) in [6, 6.07) is 15.1. The number of carbonyl (C=O) groups excluding carboxylic acids is 1. The molecule has 2 rings (SSSR count). The number of amides is 1. The molecular weight excluding hydrogens is 324 g/mol. The van der Waals surface area contributed by atoms with Crippen LogP contribution in [0.2, 0.25) is 0 Å². The molecule has 1 atom stereocenters. The molecule has 0 spiro atoms. The second-order valence-corrected chi connectivity index (χ2v) is 5.62. The van der Waals surface area contributed by atoms with Crippen molar-refractivity contribution in [3.8, 4) is 5.75 Å². The molecule has 2 aromatic carbocycles. The minimum absolute atomic E-state index is 0. The Kier molecular flexibility index (Phi) is 8.30. The highest BCUT2D eigenvalue weighted by Crippen LogP contribution is 2.26. The van der Waals surface area contributed by atoms with Crippen LogP contribution < -0.4 is 15.8 Å². The van der Waals surface area contributed by atoms with Crippen LogP contribution in [0, 0.1) is 6.92 Å². The van der Waals surface area contributed by atoms with Crippen molar-refractivity contribution in [2.45, 2.75) is 32.7 Å². The van der Waals surface area contributed by atoms with E-state index in [2.05, 4.69) is 5.32 Å². The van der Waals surface area contributed by atoms with E-state index in [1.807, 2.05) is 62.4 Å². The number of anilines is 1. The average Bonchev–Trinajstić information content (AvgIpc) is 2.55. The molecule has 1 unspecified atom stereocenters. The van der Waals surface area contributed by atoms with E-state index in [-0.39, 0.29) is 30.8 Å². The summed E-state index contributed by atoms with van der Waals surface area (Å²) in [4.78, 5) is 12.3. The fourth-order valence-electron chi connectivity index (χ4n) is 2.28. The zero-order chi connectivity index (χ0) is 16.7. The maximum Gasteiger partial charge on any atom is 0.226 e. The van der Waals surface area contributed by atoms with Gasteiger partial charge in [0.1, 0.15) is 5.75 Å². The van der Waals surface area contributed by atoms with E-state index in [0.29, 0.717) is 18.0 Å². The van der Waals surface area contributed by atoms with Crippen LogP contribution in [-0.4, -0.2) is 12.5 Å². The van der Waals surface area contributed by atoms with Crippen molar-refractivity contribution < 1.29 is 9.53 Å². The van der Waals surface area contributed by atoms with Gasteiger partial charge in [0.25, 0.3) is 0 Å². The molecule has 0 aromatic heterocycles. The Bertz CT molecular complexity index is 647. The molecule has 0 aliphatic heterocycles. The summed E-state index contributed by atoms with van der Waals surface area (Å²) < 4.78 is 5.71. The monoisotopic (exact) mass is 348 g/mol. The van der Waals surface area contributed by atoms with Gasteiger partial charge in [0, 0.05) is 12.5 Å². The largest absolute Gasteiger partial charge is 0.491 e. The van der Waals surface area contributed by atoms with Crippen LogP contribution in [0.1, 0.15) is 36.9 Å². The highest BCUT2D eigenvalue weighted by molar-refractivity contribution is 5.92. The van der Waals surface area contributed by atoms with Gasteiger partial charge in [-0.3, -0.25) is 4.79 Å². The topological polar surface area (TPSA) is 64.3 Å². The molecule has 2 aromatic rings. The molecule has 0 radical (unpaired) electrons. The molecule has 130 valence electrons. The normalized spacial score (nSPS) is 11.3. The zero-order valence-electron chi connectivity index (χ0n) is 14.1. The number of hydrogen-bond donors (Lipinski definition) is 2. The molecule has 3 N–H and O–H groups in total. The molecule has 0 aliphatic rings. The Labute approximate surface area is 149 Å². The lowest BCUT2D eigenvalue weighted by molar-refractivity contribution is -0.116. The number of nitrogens with two attached hydrogens (primary N) is 1. The highest BCUT2D eigenvalue weighted by Gasteiger charge is 2.13. The van der Waals surface area contributed by atoms with Gasteiger partial charge >= 0.3 is 0 Å². The predicted molar refractivity (Wildman–Crippen MR) is 101 cm³/mol. The van der Waals surface area contributed by atoms with E-state index in [1.54, 1.807) is 0 Å². The van der Waals surface area contributed by atoms with E-state index in [4.69, 9.17) is 10.5 Å². The SMILES string of the molecule is CCCOc1cc(C)ccc1NC(=O)CC(N)c1ccccc1.Cl. The van der Waals surface area contributed by atoms with Crippen LogP contribution in [0.15, 0.2) is 48.5 Å². The van der Waals surface area contributed by atoms with E-state index in [9.17, 15) is 4.79 Å². The second-order valence-electron chi connectivity index (χ2n) is 5.62. The summed E-state index contributed by atoms with van der Waals surface area (Å²) in [7, 11) is 0. The lowest BCUT2D eigenvalue weighted by Crippen LogP contribution is -2.21. The van der Waals surface area contributed by atoms with E-state index < -0.39 is 0 Å². The first-order valence-electron chi connectivity index (χ1n) is 7.94. The van der Waals surface area contributed by atoms with Gasteiger partial charge in [0.15, 0.2) is 0 Å². The fraction of sp³-hybridized carbons (Fsp3) is 0.316. The van der Waals surface area contributed by atoms with Crippen LogP contribution >= 0.6 is 12.4 Å². The molecule has 1 amide bonds. The molecule has 5 heteroatoms. The Morgan fingerprint density at radius 1 is 1.21 bits per heavy atom. The number of aryl methyl sites for hydroxylation is 1. The van der Waals surface area contributed by atoms with Gasteiger partial charge in [-0.2, -0.15) is 0 Å². The third-order valence-electron chi connectivity index (χ3n) is 3.51. The third kappa shape index (κ3) is 5.87. The summed E-state index contributed by atoms with van der Waals surface area (Å²) in [6.45, 7) is 4.67. The van der Waals surface area contributed by atoms with Crippen LogP contribution in [0.25, 0.3) is 0 Å².